The molecule has 0 amide bonds. The monoisotopic (exact) mass is 308 g/mol. The van der Waals surface area contributed by atoms with Crippen LogP contribution in [0.25, 0.3) is 10.9 Å². The summed E-state index contributed by atoms with van der Waals surface area (Å²) >= 11 is 5.44. The highest BCUT2D eigenvalue weighted by Crippen LogP contribution is 2.43. The van der Waals surface area contributed by atoms with Crippen LogP contribution in [0.4, 0.5) is 18.9 Å². The van der Waals surface area contributed by atoms with E-state index in [0.717, 1.165) is 12.1 Å². The van der Waals surface area contributed by atoms with Crippen LogP contribution < -0.4 is 5.56 Å². The van der Waals surface area contributed by atoms with Gasteiger partial charge in [0.25, 0.3) is 0 Å². The van der Waals surface area contributed by atoms with E-state index in [-0.39, 0.29) is 0 Å². The second-order valence-corrected chi connectivity index (χ2v) is 4.16. The Bertz CT molecular complexity index is 785. The Balaban J connectivity index is 3.09. The molecule has 2 N–H and O–H groups in total. The molecular weight excluding hydrogens is 305 g/mol. The molecule has 0 radical (unpaired) electrons. The lowest BCUT2D eigenvalue weighted by atomic mass is 10.1. The fourth-order valence-electron chi connectivity index (χ4n) is 1.78. The number of alkyl halides is 3. The molecular formula is C10H4ClF3N2O4. The molecule has 1 heterocycles. The summed E-state index contributed by atoms with van der Waals surface area (Å²) < 4.78 is 38.8. The summed E-state index contributed by atoms with van der Waals surface area (Å²) in [5, 5.41) is 18.6. The van der Waals surface area contributed by atoms with Crippen LogP contribution >= 0.6 is 11.6 Å². The topological polar surface area (TPSA) is 96.2 Å². The highest BCUT2D eigenvalue weighted by Gasteiger charge is 2.38. The van der Waals surface area contributed by atoms with Crippen LogP contribution in [0.15, 0.2) is 16.9 Å². The maximum atomic E-state index is 12.9. The van der Waals surface area contributed by atoms with Gasteiger partial charge in [-0.15, -0.1) is 0 Å². The fraction of sp³-hybridized carbons (Fsp3) is 0.100. The van der Waals surface area contributed by atoms with E-state index in [0.29, 0.717) is 0 Å². The molecule has 0 aliphatic carbocycles. The van der Waals surface area contributed by atoms with Crippen molar-refractivity contribution in [3.63, 3.8) is 0 Å². The number of hydrogen-bond donors (Lipinski definition) is 2. The number of benzene rings is 1. The molecule has 1 aromatic carbocycles. The molecule has 6 nitrogen and oxygen atoms in total. The smallest absolute Gasteiger partial charge is 0.418 e. The normalized spacial score (nSPS) is 11.8. The molecule has 0 unspecified atom stereocenters. The van der Waals surface area contributed by atoms with Gasteiger partial charge in [-0.05, 0) is 12.1 Å². The van der Waals surface area contributed by atoms with Crippen molar-refractivity contribution < 1.29 is 23.2 Å². The van der Waals surface area contributed by atoms with Crippen molar-refractivity contribution >= 4 is 28.2 Å². The van der Waals surface area contributed by atoms with E-state index >= 15 is 0 Å². The van der Waals surface area contributed by atoms with E-state index in [4.69, 9.17) is 11.6 Å². The van der Waals surface area contributed by atoms with E-state index in [1.165, 1.54) is 0 Å². The van der Waals surface area contributed by atoms with Crippen molar-refractivity contribution in [1.29, 1.82) is 0 Å². The van der Waals surface area contributed by atoms with Gasteiger partial charge >= 0.3 is 17.4 Å². The van der Waals surface area contributed by atoms with Crippen LogP contribution in [0, 0.1) is 10.1 Å². The molecule has 106 valence electrons. The van der Waals surface area contributed by atoms with Crippen molar-refractivity contribution in [2.45, 2.75) is 6.18 Å². The Morgan fingerprint density at radius 1 is 1.35 bits per heavy atom. The van der Waals surface area contributed by atoms with E-state index in [1.807, 2.05) is 4.98 Å². The molecule has 2 aromatic rings. The molecule has 0 aliphatic heterocycles. The molecule has 0 bridgehead atoms. The van der Waals surface area contributed by atoms with Crippen molar-refractivity contribution in [3.05, 3.63) is 43.2 Å². The van der Waals surface area contributed by atoms with E-state index < -0.39 is 49.6 Å². The van der Waals surface area contributed by atoms with Gasteiger partial charge in [0, 0.05) is 0 Å². The lowest BCUT2D eigenvalue weighted by molar-refractivity contribution is -0.387. The van der Waals surface area contributed by atoms with Crippen LogP contribution in [0.2, 0.25) is 5.02 Å². The predicted molar refractivity (Wildman–Crippen MR) is 62.9 cm³/mol. The number of nitro groups is 1. The van der Waals surface area contributed by atoms with Crippen LogP contribution in [0.1, 0.15) is 5.56 Å². The summed E-state index contributed by atoms with van der Waals surface area (Å²) in [6.45, 7) is 0. The quantitative estimate of drug-likeness (QED) is 0.625. The third-order valence-electron chi connectivity index (χ3n) is 2.54. The van der Waals surface area contributed by atoms with Crippen LogP contribution in [-0.2, 0) is 6.18 Å². The lowest BCUT2D eigenvalue weighted by Gasteiger charge is -2.13. The van der Waals surface area contributed by atoms with Gasteiger partial charge in [-0.3, -0.25) is 14.9 Å². The highest BCUT2D eigenvalue weighted by molar-refractivity contribution is 6.32. The Morgan fingerprint density at radius 3 is 2.45 bits per heavy atom. The predicted octanol–water partition coefficient (Wildman–Crippen LogP) is 2.81. The Kier molecular flexibility index (Phi) is 3.09. The first-order chi connectivity index (χ1) is 9.14. The maximum absolute atomic E-state index is 12.9. The largest absolute Gasteiger partial charge is 0.501 e. The number of rotatable bonds is 1. The molecule has 2 rings (SSSR count). The van der Waals surface area contributed by atoms with Gasteiger partial charge in [0.15, 0.2) is 0 Å². The number of halogens is 4. The highest BCUT2D eigenvalue weighted by atomic mass is 35.5. The first-order valence-corrected chi connectivity index (χ1v) is 5.31. The summed E-state index contributed by atoms with van der Waals surface area (Å²) in [6.07, 6.45) is -4.96. The van der Waals surface area contributed by atoms with Gasteiger partial charge in [-0.1, -0.05) is 11.6 Å². The molecule has 10 heteroatoms. The van der Waals surface area contributed by atoms with Gasteiger partial charge in [0.1, 0.15) is 0 Å². The zero-order chi connectivity index (χ0) is 15.2. The number of aromatic hydroxyl groups is 1. The molecule has 0 spiro atoms. The van der Waals surface area contributed by atoms with Crippen LogP contribution in [0.3, 0.4) is 0 Å². The Morgan fingerprint density at radius 2 is 1.95 bits per heavy atom. The fourth-order valence-corrected chi connectivity index (χ4v) is 2.05. The minimum atomic E-state index is -4.96. The van der Waals surface area contributed by atoms with Crippen LogP contribution in [-0.4, -0.2) is 15.0 Å². The number of aromatic amines is 1. The molecule has 0 aliphatic rings. The number of hydrogen-bond acceptors (Lipinski definition) is 4. The SMILES string of the molecule is O=c1[nH]c2ccc(Cl)c(C(F)(F)F)c2c(O)c1[N+](=O)[O-]. The first-order valence-electron chi connectivity index (χ1n) is 4.93. The molecule has 20 heavy (non-hydrogen) atoms. The van der Waals surface area contributed by atoms with Gasteiger partial charge in [0.2, 0.25) is 5.75 Å². The van der Waals surface area contributed by atoms with Gasteiger partial charge < -0.3 is 10.1 Å². The number of nitrogens with zero attached hydrogens (tertiary/aromatic N) is 1. The second-order valence-electron chi connectivity index (χ2n) is 3.75. The van der Waals surface area contributed by atoms with E-state index in [1.54, 1.807) is 0 Å². The Labute approximate surface area is 112 Å². The van der Waals surface area contributed by atoms with Gasteiger partial charge in [-0.25, -0.2) is 0 Å². The second kappa shape index (κ2) is 4.37. The Hall–Kier alpha value is -2.29. The van der Waals surface area contributed by atoms with Gasteiger partial charge in [-0.2, -0.15) is 13.2 Å². The summed E-state index contributed by atoms with van der Waals surface area (Å²) in [4.78, 5) is 22.6. The minimum Gasteiger partial charge on any atom is -0.501 e. The van der Waals surface area contributed by atoms with E-state index in [2.05, 4.69) is 0 Å². The van der Waals surface area contributed by atoms with Crippen LogP contribution in [0.5, 0.6) is 5.75 Å². The van der Waals surface area contributed by atoms with Gasteiger partial charge in [0.05, 0.1) is 26.4 Å². The molecule has 1 aromatic heterocycles. The molecule has 0 fully saturated rings. The molecule has 0 saturated heterocycles. The molecule has 0 saturated carbocycles. The van der Waals surface area contributed by atoms with E-state index in [9.17, 15) is 33.2 Å². The third kappa shape index (κ3) is 2.05. The number of fused-ring (bicyclic) bond motifs is 1. The summed E-state index contributed by atoms with van der Waals surface area (Å²) in [5.74, 6) is -1.37. The third-order valence-corrected chi connectivity index (χ3v) is 2.86. The summed E-state index contributed by atoms with van der Waals surface area (Å²) in [6, 6.07) is 1.88. The number of pyridine rings is 1. The number of nitrogens with one attached hydrogen (secondary N) is 1. The standard InChI is InChI=1S/C10H4ClF3N2O4/c11-3-1-2-4-5(6(3)10(12,13)14)8(17)7(16(19)20)9(18)15-4/h1-2H,(H2,15,17,18). The minimum absolute atomic E-state index is 0.408. The number of aromatic nitrogens is 1. The average molecular weight is 309 g/mol. The lowest BCUT2D eigenvalue weighted by Crippen LogP contribution is -2.14. The summed E-state index contributed by atoms with van der Waals surface area (Å²) in [5.41, 5.74) is -4.54. The maximum Gasteiger partial charge on any atom is 0.418 e. The van der Waals surface area contributed by atoms with Crippen molar-refractivity contribution in [1.82, 2.24) is 4.98 Å². The molecule has 0 atom stereocenters. The zero-order valence-electron chi connectivity index (χ0n) is 9.29. The number of H-pyrrole nitrogens is 1. The van der Waals surface area contributed by atoms with Crippen molar-refractivity contribution in [2.24, 2.45) is 0 Å². The zero-order valence-corrected chi connectivity index (χ0v) is 10.0. The summed E-state index contributed by atoms with van der Waals surface area (Å²) in [7, 11) is 0. The first kappa shape index (κ1) is 14.1. The van der Waals surface area contributed by atoms with Crippen molar-refractivity contribution in [2.75, 3.05) is 0 Å². The van der Waals surface area contributed by atoms with Crippen molar-refractivity contribution in [3.8, 4) is 5.75 Å². The average Bonchev–Trinajstić information content (AvgIpc) is 2.27.